The summed E-state index contributed by atoms with van der Waals surface area (Å²) in [5.41, 5.74) is 1.34. The van der Waals surface area contributed by atoms with Crippen molar-refractivity contribution in [1.82, 2.24) is 0 Å². The van der Waals surface area contributed by atoms with Crippen LogP contribution < -0.4 is 4.90 Å². The highest BCUT2D eigenvalue weighted by atomic mass is 16.4. The van der Waals surface area contributed by atoms with Crippen molar-refractivity contribution in [1.29, 1.82) is 0 Å². The molecule has 5 nitrogen and oxygen atoms in total. The van der Waals surface area contributed by atoms with E-state index in [0.717, 1.165) is 10.5 Å². The lowest BCUT2D eigenvalue weighted by Gasteiger charge is -2.25. The van der Waals surface area contributed by atoms with Crippen molar-refractivity contribution < 1.29 is 19.8 Å². The molecular formula is C17H17NO4. The van der Waals surface area contributed by atoms with E-state index in [2.05, 4.69) is 0 Å². The number of rotatable bonds is 6. The largest absolute Gasteiger partial charge is 0.478 e. The number of carbonyl (C=O) groups is 2. The van der Waals surface area contributed by atoms with Crippen molar-refractivity contribution in [3.63, 3.8) is 0 Å². The number of nitrogens with zero attached hydrogens (tertiary/aromatic N) is 1. The van der Waals surface area contributed by atoms with Gasteiger partial charge < -0.3 is 10.2 Å². The van der Waals surface area contributed by atoms with E-state index in [1.54, 1.807) is 30.3 Å². The predicted octanol–water partition coefficient (Wildman–Crippen LogP) is 2.06. The molecular weight excluding hydrogens is 282 g/mol. The molecule has 1 atom stereocenters. The third-order valence-electron chi connectivity index (χ3n) is 3.24. The maximum absolute atomic E-state index is 12.4. The first-order chi connectivity index (χ1) is 10.6. The van der Waals surface area contributed by atoms with Gasteiger partial charge in [0.15, 0.2) is 0 Å². The van der Waals surface area contributed by atoms with Gasteiger partial charge in [-0.1, -0.05) is 48.5 Å². The Morgan fingerprint density at radius 3 is 2.05 bits per heavy atom. The Labute approximate surface area is 128 Å². The summed E-state index contributed by atoms with van der Waals surface area (Å²) < 4.78 is 0. The third-order valence-corrected chi connectivity index (χ3v) is 3.24. The van der Waals surface area contributed by atoms with Gasteiger partial charge in [-0.25, -0.2) is 4.79 Å². The summed E-state index contributed by atoms with van der Waals surface area (Å²) in [6, 6.07) is 17.7. The number of anilines is 1. The summed E-state index contributed by atoms with van der Waals surface area (Å²) in [4.78, 5) is 24.3. The Kier molecular flexibility index (Phi) is 5.27. The van der Waals surface area contributed by atoms with Gasteiger partial charge >= 0.3 is 5.97 Å². The number of para-hydroxylation sites is 1. The third kappa shape index (κ3) is 3.93. The molecule has 0 spiro atoms. The number of hydrogen-bond acceptors (Lipinski definition) is 3. The molecule has 2 aromatic rings. The Bertz CT molecular complexity index is 628. The van der Waals surface area contributed by atoms with Crippen LogP contribution in [-0.4, -0.2) is 28.3 Å². The first-order valence-electron chi connectivity index (χ1n) is 6.91. The number of aliphatic hydroxyl groups excluding tert-OH is 1. The molecule has 0 saturated heterocycles. The number of aryl methyl sites for hydroxylation is 1. The van der Waals surface area contributed by atoms with E-state index in [9.17, 15) is 14.7 Å². The van der Waals surface area contributed by atoms with E-state index in [1.807, 2.05) is 30.3 Å². The van der Waals surface area contributed by atoms with Gasteiger partial charge in [0.25, 0.3) is 0 Å². The number of carbonyl (C=O) groups excluding carboxylic acids is 1. The average molecular weight is 299 g/mol. The smallest absolute Gasteiger partial charge is 0.354 e. The molecule has 5 heteroatoms. The Morgan fingerprint density at radius 2 is 1.50 bits per heavy atom. The van der Waals surface area contributed by atoms with Crippen LogP contribution in [0.25, 0.3) is 0 Å². The fraction of sp³-hybridized carbons (Fsp3) is 0.176. The minimum absolute atomic E-state index is 0.114. The van der Waals surface area contributed by atoms with Gasteiger partial charge in [-0.3, -0.25) is 9.69 Å². The molecule has 2 rings (SSSR count). The van der Waals surface area contributed by atoms with Crippen LogP contribution >= 0.6 is 0 Å². The van der Waals surface area contributed by atoms with Crippen molar-refractivity contribution >= 4 is 17.6 Å². The lowest BCUT2D eigenvalue weighted by Crippen LogP contribution is -2.45. The lowest BCUT2D eigenvalue weighted by atomic mass is 10.1. The Balaban J connectivity index is 2.14. The van der Waals surface area contributed by atoms with E-state index in [-0.39, 0.29) is 6.42 Å². The Hall–Kier alpha value is -2.66. The standard InChI is InChI=1S/C17H17NO4/c19-15(12-11-13-7-3-1-4-8-13)18(16(20)17(21)22)14-9-5-2-6-10-14/h1-10,16,20H,11-12H2,(H,21,22)/t16-/m0/s1. The molecule has 0 heterocycles. The fourth-order valence-corrected chi connectivity index (χ4v) is 2.14. The zero-order chi connectivity index (χ0) is 15.9. The number of aliphatic carboxylic acids is 1. The highest BCUT2D eigenvalue weighted by Crippen LogP contribution is 2.18. The molecule has 2 aromatic carbocycles. The second-order valence-corrected chi connectivity index (χ2v) is 4.80. The van der Waals surface area contributed by atoms with Crippen LogP contribution in [0.5, 0.6) is 0 Å². The summed E-state index contributed by atoms with van der Waals surface area (Å²) >= 11 is 0. The number of hydrogen-bond donors (Lipinski definition) is 2. The zero-order valence-corrected chi connectivity index (χ0v) is 11.9. The van der Waals surface area contributed by atoms with Crippen molar-refractivity contribution in [2.75, 3.05) is 4.90 Å². The Morgan fingerprint density at radius 1 is 0.955 bits per heavy atom. The molecule has 0 aromatic heterocycles. The summed E-state index contributed by atoms with van der Waals surface area (Å²) in [6.07, 6.45) is -1.30. The quantitative estimate of drug-likeness (QED) is 0.800. The van der Waals surface area contributed by atoms with Crippen LogP contribution in [0, 0.1) is 0 Å². The van der Waals surface area contributed by atoms with Gasteiger partial charge in [0.1, 0.15) is 0 Å². The summed E-state index contributed by atoms with van der Waals surface area (Å²) in [6.45, 7) is 0. The van der Waals surface area contributed by atoms with E-state index in [0.29, 0.717) is 12.1 Å². The van der Waals surface area contributed by atoms with Gasteiger partial charge in [0, 0.05) is 12.1 Å². The van der Waals surface area contributed by atoms with Gasteiger partial charge in [0.2, 0.25) is 12.1 Å². The van der Waals surface area contributed by atoms with E-state index in [1.165, 1.54) is 0 Å². The van der Waals surface area contributed by atoms with Crippen LogP contribution in [0.2, 0.25) is 0 Å². The summed E-state index contributed by atoms with van der Waals surface area (Å²) in [5.74, 6) is -1.90. The summed E-state index contributed by atoms with van der Waals surface area (Å²) in [7, 11) is 0. The summed E-state index contributed by atoms with van der Waals surface area (Å²) in [5, 5.41) is 18.8. The number of benzene rings is 2. The molecule has 0 fully saturated rings. The monoisotopic (exact) mass is 299 g/mol. The fourth-order valence-electron chi connectivity index (χ4n) is 2.14. The normalized spacial score (nSPS) is 11.7. The average Bonchev–Trinajstić information content (AvgIpc) is 2.55. The zero-order valence-electron chi connectivity index (χ0n) is 11.9. The van der Waals surface area contributed by atoms with Crippen molar-refractivity contribution in [3.05, 3.63) is 66.2 Å². The number of aliphatic hydroxyl groups is 1. The van der Waals surface area contributed by atoms with E-state index in [4.69, 9.17) is 5.11 Å². The minimum Gasteiger partial charge on any atom is -0.478 e. The predicted molar refractivity (Wildman–Crippen MR) is 82.3 cm³/mol. The van der Waals surface area contributed by atoms with Crippen molar-refractivity contribution in [3.8, 4) is 0 Å². The molecule has 0 bridgehead atoms. The first kappa shape index (κ1) is 15.7. The molecule has 0 aliphatic carbocycles. The van der Waals surface area contributed by atoms with Crippen LogP contribution in [0.1, 0.15) is 12.0 Å². The van der Waals surface area contributed by atoms with Crippen molar-refractivity contribution in [2.24, 2.45) is 0 Å². The van der Waals surface area contributed by atoms with E-state index < -0.39 is 18.1 Å². The first-order valence-corrected chi connectivity index (χ1v) is 6.91. The van der Waals surface area contributed by atoms with Gasteiger partial charge in [-0.2, -0.15) is 0 Å². The van der Waals surface area contributed by atoms with Crippen LogP contribution in [0.15, 0.2) is 60.7 Å². The highest BCUT2D eigenvalue weighted by molar-refractivity contribution is 5.98. The van der Waals surface area contributed by atoms with Gasteiger partial charge in [-0.05, 0) is 24.1 Å². The van der Waals surface area contributed by atoms with Crippen LogP contribution in [0.3, 0.4) is 0 Å². The van der Waals surface area contributed by atoms with Crippen molar-refractivity contribution in [2.45, 2.75) is 19.1 Å². The highest BCUT2D eigenvalue weighted by Gasteiger charge is 2.28. The molecule has 0 aliphatic rings. The van der Waals surface area contributed by atoms with Gasteiger partial charge in [-0.15, -0.1) is 0 Å². The second-order valence-electron chi connectivity index (χ2n) is 4.80. The topological polar surface area (TPSA) is 77.8 Å². The minimum atomic E-state index is -1.90. The molecule has 22 heavy (non-hydrogen) atoms. The van der Waals surface area contributed by atoms with Crippen LogP contribution in [0.4, 0.5) is 5.69 Å². The van der Waals surface area contributed by atoms with Crippen LogP contribution in [-0.2, 0) is 16.0 Å². The molecule has 2 N–H and O–H groups in total. The molecule has 1 amide bonds. The molecule has 0 radical (unpaired) electrons. The maximum atomic E-state index is 12.4. The molecule has 0 saturated carbocycles. The number of carboxylic acid groups (broad SMARTS) is 1. The maximum Gasteiger partial charge on any atom is 0.354 e. The number of carboxylic acids is 1. The molecule has 0 unspecified atom stereocenters. The van der Waals surface area contributed by atoms with E-state index >= 15 is 0 Å². The second kappa shape index (κ2) is 7.38. The number of amides is 1. The molecule has 114 valence electrons. The lowest BCUT2D eigenvalue weighted by molar-refractivity contribution is -0.148. The van der Waals surface area contributed by atoms with Gasteiger partial charge in [0.05, 0.1) is 0 Å². The molecule has 0 aliphatic heterocycles. The SMILES string of the molecule is O=C(O)[C@H](O)N(C(=O)CCc1ccccc1)c1ccccc1.